The zero-order valence-electron chi connectivity index (χ0n) is 11.7. The van der Waals surface area contributed by atoms with Crippen LogP contribution in [0.4, 0.5) is 11.4 Å². The van der Waals surface area contributed by atoms with Crippen LogP contribution in [-0.2, 0) is 4.79 Å². The molecule has 0 unspecified atom stereocenters. The van der Waals surface area contributed by atoms with Crippen molar-refractivity contribution >= 4 is 28.9 Å². The Labute approximate surface area is 129 Å². The molecule has 4 nitrogen and oxygen atoms in total. The summed E-state index contributed by atoms with van der Waals surface area (Å²) in [4.78, 5) is 11.8. The Kier molecular flexibility index (Phi) is 5.46. The molecule has 0 saturated carbocycles. The lowest BCUT2D eigenvalue weighted by Gasteiger charge is -2.08. The molecule has 110 valence electrons. The first-order valence-corrected chi connectivity index (χ1v) is 6.98. The van der Waals surface area contributed by atoms with Gasteiger partial charge in [-0.2, -0.15) is 0 Å². The van der Waals surface area contributed by atoms with E-state index in [1.807, 2.05) is 24.3 Å². The maximum absolute atomic E-state index is 11.8. The molecule has 0 spiro atoms. The molecule has 2 aromatic rings. The molecule has 0 aliphatic heterocycles. The number of amides is 1. The molecular weight excluding hydrogens is 288 g/mol. The maximum atomic E-state index is 11.8. The van der Waals surface area contributed by atoms with Gasteiger partial charge in [0.2, 0.25) is 5.91 Å². The first kappa shape index (κ1) is 15.2. The van der Waals surface area contributed by atoms with Gasteiger partial charge in [0.15, 0.2) is 0 Å². The molecule has 0 saturated heterocycles. The summed E-state index contributed by atoms with van der Waals surface area (Å²) in [6, 6.07) is 14.6. The van der Waals surface area contributed by atoms with Crippen LogP contribution in [0, 0.1) is 0 Å². The number of rotatable bonds is 6. The highest BCUT2D eigenvalue weighted by Gasteiger charge is 2.02. The average molecular weight is 305 g/mol. The van der Waals surface area contributed by atoms with Gasteiger partial charge in [-0.05, 0) is 42.5 Å². The van der Waals surface area contributed by atoms with Crippen LogP contribution in [-0.4, -0.2) is 19.6 Å². The normalized spacial score (nSPS) is 10.0. The number of anilines is 2. The van der Waals surface area contributed by atoms with Gasteiger partial charge in [-0.3, -0.25) is 4.79 Å². The third kappa shape index (κ3) is 5.00. The van der Waals surface area contributed by atoms with Crippen molar-refractivity contribution in [2.45, 2.75) is 6.42 Å². The molecule has 0 aliphatic rings. The van der Waals surface area contributed by atoms with E-state index < -0.39 is 0 Å². The third-order valence-electron chi connectivity index (χ3n) is 2.88. The Bertz CT molecular complexity index is 599. The Morgan fingerprint density at radius 2 is 1.90 bits per heavy atom. The molecule has 0 fully saturated rings. The van der Waals surface area contributed by atoms with Crippen molar-refractivity contribution in [3.8, 4) is 5.75 Å². The largest absolute Gasteiger partial charge is 0.497 e. The van der Waals surface area contributed by atoms with Crippen LogP contribution < -0.4 is 15.4 Å². The van der Waals surface area contributed by atoms with E-state index in [-0.39, 0.29) is 5.91 Å². The van der Waals surface area contributed by atoms with Gasteiger partial charge in [0.1, 0.15) is 5.75 Å². The van der Waals surface area contributed by atoms with Crippen LogP contribution in [0.25, 0.3) is 0 Å². The second kappa shape index (κ2) is 7.55. The lowest BCUT2D eigenvalue weighted by Crippen LogP contribution is -2.16. The molecule has 0 aromatic heterocycles. The molecule has 1 amide bonds. The van der Waals surface area contributed by atoms with Crippen LogP contribution in [0.2, 0.25) is 5.02 Å². The summed E-state index contributed by atoms with van der Waals surface area (Å²) in [6.07, 6.45) is 0.374. The van der Waals surface area contributed by atoms with Gasteiger partial charge in [0.05, 0.1) is 7.11 Å². The molecule has 0 radical (unpaired) electrons. The van der Waals surface area contributed by atoms with E-state index >= 15 is 0 Å². The van der Waals surface area contributed by atoms with Crippen LogP contribution in [0.1, 0.15) is 6.42 Å². The summed E-state index contributed by atoms with van der Waals surface area (Å²) in [5.74, 6) is 0.748. The first-order chi connectivity index (χ1) is 10.2. The van der Waals surface area contributed by atoms with E-state index in [9.17, 15) is 4.79 Å². The number of carbonyl (C=O) groups is 1. The molecule has 5 heteroatoms. The minimum atomic E-state index is -0.0571. The van der Waals surface area contributed by atoms with Crippen molar-refractivity contribution in [3.05, 3.63) is 53.6 Å². The fourth-order valence-corrected chi connectivity index (χ4v) is 2.01. The minimum absolute atomic E-state index is 0.0571. The van der Waals surface area contributed by atoms with Crippen LogP contribution in [0.5, 0.6) is 5.75 Å². The number of nitrogens with one attached hydrogen (secondary N) is 2. The van der Waals surface area contributed by atoms with Crippen molar-refractivity contribution in [2.24, 2.45) is 0 Å². The fourth-order valence-electron chi connectivity index (χ4n) is 1.82. The molecular formula is C16H17ClN2O2. The Balaban J connectivity index is 1.76. The van der Waals surface area contributed by atoms with E-state index in [2.05, 4.69) is 10.6 Å². The highest BCUT2D eigenvalue weighted by Crippen LogP contribution is 2.16. The van der Waals surface area contributed by atoms with Gasteiger partial charge < -0.3 is 15.4 Å². The summed E-state index contributed by atoms with van der Waals surface area (Å²) < 4.78 is 5.09. The predicted octanol–water partition coefficient (Wildman–Crippen LogP) is 3.79. The molecule has 2 rings (SSSR count). The van der Waals surface area contributed by atoms with E-state index in [1.165, 1.54) is 0 Å². The minimum Gasteiger partial charge on any atom is -0.497 e. The molecule has 0 aliphatic carbocycles. The smallest absolute Gasteiger partial charge is 0.226 e. The number of carbonyl (C=O) groups excluding carboxylic acids is 1. The third-order valence-corrected chi connectivity index (χ3v) is 3.11. The number of benzene rings is 2. The highest BCUT2D eigenvalue weighted by molar-refractivity contribution is 6.30. The monoisotopic (exact) mass is 304 g/mol. The number of ether oxygens (including phenoxy) is 1. The SMILES string of the molecule is COc1ccc(NCCC(=O)Nc2cccc(Cl)c2)cc1. The summed E-state index contributed by atoms with van der Waals surface area (Å²) in [6.45, 7) is 0.554. The van der Waals surface area contributed by atoms with Crippen molar-refractivity contribution in [1.29, 1.82) is 0 Å². The van der Waals surface area contributed by atoms with E-state index in [1.54, 1.807) is 31.4 Å². The molecule has 21 heavy (non-hydrogen) atoms. The lowest BCUT2D eigenvalue weighted by molar-refractivity contribution is -0.115. The first-order valence-electron chi connectivity index (χ1n) is 6.61. The van der Waals surface area contributed by atoms with E-state index in [0.29, 0.717) is 23.7 Å². The van der Waals surface area contributed by atoms with E-state index in [4.69, 9.17) is 16.3 Å². The Morgan fingerprint density at radius 3 is 2.57 bits per heavy atom. The average Bonchev–Trinajstić information content (AvgIpc) is 2.48. The summed E-state index contributed by atoms with van der Waals surface area (Å²) >= 11 is 5.86. The molecule has 0 atom stereocenters. The quantitative estimate of drug-likeness (QED) is 0.853. The Morgan fingerprint density at radius 1 is 1.14 bits per heavy atom. The maximum Gasteiger partial charge on any atom is 0.226 e. The fraction of sp³-hybridized carbons (Fsp3) is 0.188. The van der Waals surface area contributed by atoms with Gasteiger partial charge >= 0.3 is 0 Å². The lowest BCUT2D eigenvalue weighted by atomic mass is 10.3. The van der Waals surface area contributed by atoms with Gasteiger partial charge in [-0.25, -0.2) is 0 Å². The van der Waals surface area contributed by atoms with Gasteiger partial charge in [-0.1, -0.05) is 17.7 Å². The zero-order valence-corrected chi connectivity index (χ0v) is 12.5. The van der Waals surface area contributed by atoms with Crippen LogP contribution in [0.3, 0.4) is 0 Å². The molecule has 2 N–H and O–H groups in total. The topological polar surface area (TPSA) is 50.4 Å². The van der Waals surface area contributed by atoms with Crippen molar-refractivity contribution in [3.63, 3.8) is 0 Å². The molecule has 0 heterocycles. The van der Waals surface area contributed by atoms with Crippen molar-refractivity contribution in [1.82, 2.24) is 0 Å². The Hall–Kier alpha value is -2.20. The number of methoxy groups -OCH3 is 1. The van der Waals surface area contributed by atoms with Crippen LogP contribution in [0.15, 0.2) is 48.5 Å². The van der Waals surface area contributed by atoms with E-state index in [0.717, 1.165) is 11.4 Å². The van der Waals surface area contributed by atoms with Gasteiger partial charge in [-0.15, -0.1) is 0 Å². The summed E-state index contributed by atoms with van der Waals surface area (Å²) in [7, 11) is 1.63. The second-order valence-electron chi connectivity index (χ2n) is 4.46. The van der Waals surface area contributed by atoms with Gasteiger partial charge in [0.25, 0.3) is 0 Å². The standard InChI is InChI=1S/C16H17ClN2O2/c1-21-15-7-5-13(6-8-15)18-10-9-16(20)19-14-4-2-3-12(17)11-14/h2-8,11,18H,9-10H2,1H3,(H,19,20). The van der Waals surface area contributed by atoms with Crippen molar-refractivity contribution in [2.75, 3.05) is 24.3 Å². The number of hydrogen-bond donors (Lipinski definition) is 2. The molecule has 0 bridgehead atoms. The van der Waals surface area contributed by atoms with Gasteiger partial charge in [0, 0.05) is 29.4 Å². The predicted molar refractivity (Wildman–Crippen MR) is 86.2 cm³/mol. The second-order valence-corrected chi connectivity index (χ2v) is 4.90. The number of hydrogen-bond acceptors (Lipinski definition) is 3. The summed E-state index contributed by atoms with van der Waals surface area (Å²) in [5.41, 5.74) is 1.66. The van der Waals surface area contributed by atoms with Crippen molar-refractivity contribution < 1.29 is 9.53 Å². The summed E-state index contributed by atoms with van der Waals surface area (Å²) in [5, 5.41) is 6.59. The van der Waals surface area contributed by atoms with Crippen LogP contribution >= 0.6 is 11.6 Å². The highest BCUT2D eigenvalue weighted by atomic mass is 35.5. The number of halogens is 1. The molecule has 2 aromatic carbocycles. The zero-order chi connectivity index (χ0) is 15.1.